The quantitative estimate of drug-likeness (QED) is 0.833. The van der Waals surface area contributed by atoms with Crippen molar-refractivity contribution in [1.29, 1.82) is 0 Å². The molecule has 3 heteroatoms. The van der Waals surface area contributed by atoms with Crippen LogP contribution in [0.3, 0.4) is 0 Å². The molecular formula is C15H21FO2. The first kappa shape index (κ1) is 13.5. The third-order valence-electron chi connectivity index (χ3n) is 4.02. The molecule has 0 aliphatic heterocycles. The van der Waals surface area contributed by atoms with Crippen molar-refractivity contribution in [1.82, 2.24) is 0 Å². The van der Waals surface area contributed by atoms with E-state index in [-0.39, 0.29) is 5.82 Å². The lowest BCUT2D eigenvalue weighted by molar-refractivity contribution is -0.114. The van der Waals surface area contributed by atoms with Crippen LogP contribution in [0.1, 0.15) is 50.2 Å². The Bertz CT molecular complexity index is 384. The first-order chi connectivity index (χ1) is 8.68. The van der Waals surface area contributed by atoms with Crippen LogP contribution in [-0.4, -0.2) is 17.8 Å². The Balaban J connectivity index is 2.25. The largest absolute Gasteiger partial charge is 0.385 e. The maximum atomic E-state index is 13.3. The van der Waals surface area contributed by atoms with E-state index in [0.717, 1.165) is 25.7 Å². The SMILES string of the molecule is COC1(C(O)c2cccc(F)c2)CCCCCC1. The zero-order valence-electron chi connectivity index (χ0n) is 10.9. The smallest absolute Gasteiger partial charge is 0.123 e. The Labute approximate surface area is 108 Å². The number of halogens is 1. The molecule has 0 aromatic heterocycles. The number of aliphatic hydroxyl groups is 1. The van der Waals surface area contributed by atoms with E-state index >= 15 is 0 Å². The molecule has 1 aliphatic rings. The van der Waals surface area contributed by atoms with Crippen LogP contribution < -0.4 is 0 Å². The third kappa shape index (κ3) is 2.73. The normalized spacial score (nSPS) is 21.3. The van der Waals surface area contributed by atoms with Crippen molar-refractivity contribution in [2.75, 3.05) is 7.11 Å². The standard InChI is InChI=1S/C15H21FO2/c1-18-15(9-4-2-3-5-10-15)14(17)12-7-6-8-13(16)11-12/h6-8,11,14,17H,2-5,9-10H2,1H3. The maximum Gasteiger partial charge on any atom is 0.123 e. The van der Waals surface area contributed by atoms with Gasteiger partial charge in [-0.25, -0.2) is 4.39 Å². The summed E-state index contributed by atoms with van der Waals surface area (Å²) >= 11 is 0. The summed E-state index contributed by atoms with van der Waals surface area (Å²) in [5, 5.41) is 10.6. The molecule has 1 saturated carbocycles. The number of hydrogen-bond donors (Lipinski definition) is 1. The summed E-state index contributed by atoms with van der Waals surface area (Å²) in [5.74, 6) is -0.313. The minimum Gasteiger partial charge on any atom is -0.385 e. The van der Waals surface area contributed by atoms with Crippen LogP contribution >= 0.6 is 0 Å². The summed E-state index contributed by atoms with van der Waals surface area (Å²) in [7, 11) is 1.65. The molecule has 18 heavy (non-hydrogen) atoms. The predicted molar refractivity (Wildman–Crippen MR) is 68.8 cm³/mol. The van der Waals surface area contributed by atoms with Crippen molar-refractivity contribution in [2.24, 2.45) is 0 Å². The molecule has 2 nitrogen and oxygen atoms in total. The molecule has 1 aromatic carbocycles. The number of rotatable bonds is 3. The van der Waals surface area contributed by atoms with E-state index in [4.69, 9.17) is 4.74 Å². The van der Waals surface area contributed by atoms with Gasteiger partial charge < -0.3 is 9.84 Å². The van der Waals surface area contributed by atoms with Crippen LogP contribution in [0.4, 0.5) is 4.39 Å². The third-order valence-corrected chi connectivity index (χ3v) is 4.02. The van der Waals surface area contributed by atoms with Gasteiger partial charge in [0.1, 0.15) is 11.9 Å². The van der Waals surface area contributed by atoms with Gasteiger partial charge in [0.15, 0.2) is 0 Å². The predicted octanol–water partition coefficient (Wildman–Crippen LogP) is 3.60. The van der Waals surface area contributed by atoms with Crippen molar-refractivity contribution >= 4 is 0 Å². The average molecular weight is 252 g/mol. The second-order valence-corrected chi connectivity index (χ2v) is 5.14. The molecule has 100 valence electrons. The van der Waals surface area contributed by atoms with Crippen LogP contribution in [0, 0.1) is 5.82 Å². The first-order valence-electron chi connectivity index (χ1n) is 6.67. The monoisotopic (exact) mass is 252 g/mol. The van der Waals surface area contributed by atoms with Gasteiger partial charge in [-0.2, -0.15) is 0 Å². The Hall–Kier alpha value is -0.930. The van der Waals surface area contributed by atoms with Crippen LogP contribution in [0.5, 0.6) is 0 Å². The van der Waals surface area contributed by atoms with Crippen molar-refractivity contribution in [3.05, 3.63) is 35.6 Å². The van der Waals surface area contributed by atoms with Gasteiger partial charge in [0.05, 0.1) is 5.60 Å². The van der Waals surface area contributed by atoms with Crippen molar-refractivity contribution < 1.29 is 14.2 Å². The number of methoxy groups -OCH3 is 1. The fraction of sp³-hybridized carbons (Fsp3) is 0.600. The van der Waals surface area contributed by atoms with Gasteiger partial charge in [-0.1, -0.05) is 37.8 Å². The summed E-state index contributed by atoms with van der Waals surface area (Å²) in [6.45, 7) is 0. The van der Waals surface area contributed by atoms with Gasteiger partial charge in [0.25, 0.3) is 0 Å². The van der Waals surface area contributed by atoms with Crippen LogP contribution in [0.2, 0.25) is 0 Å². The Morgan fingerprint density at radius 1 is 1.22 bits per heavy atom. The topological polar surface area (TPSA) is 29.5 Å². The molecule has 1 unspecified atom stereocenters. The average Bonchev–Trinajstić information content (AvgIpc) is 2.64. The van der Waals surface area contributed by atoms with E-state index < -0.39 is 11.7 Å². The second-order valence-electron chi connectivity index (χ2n) is 5.14. The summed E-state index contributed by atoms with van der Waals surface area (Å²) in [5.41, 5.74) is 0.0587. The fourth-order valence-corrected chi connectivity index (χ4v) is 2.90. The minimum atomic E-state index is -0.753. The lowest BCUT2D eigenvalue weighted by Gasteiger charge is -2.36. The molecule has 2 rings (SSSR count). The van der Waals surface area contributed by atoms with E-state index in [0.29, 0.717) is 5.56 Å². The number of aliphatic hydroxyl groups excluding tert-OH is 1. The van der Waals surface area contributed by atoms with E-state index in [1.54, 1.807) is 19.2 Å². The van der Waals surface area contributed by atoms with Crippen molar-refractivity contribution in [3.63, 3.8) is 0 Å². The highest BCUT2D eigenvalue weighted by atomic mass is 19.1. The lowest BCUT2D eigenvalue weighted by Crippen LogP contribution is -2.38. The summed E-state index contributed by atoms with van der Waals surface area (Å²) < 4.78 is 18.9. The van der Waals surface area contributed by atoms with Gasteiger partial charge in [-0.15, -0.1) is 0 Å². The second kappa shape index (κ2) is 5.81. The molecule has 0 amide bonds. The highest BCUT2D eigenvalue weighted by molar-refractivity contribution is 5.21. The molecule has 0 saturated heterocycles. The molecule has 1 aliphatic carbocycles. The van der Waals surface area contributed by atoms with E-state index in [1.165, 1.54) is 25.0 Å². The number of hydrogen-bond acceptors (Lipinski definition) is 2. The molecule has 1 atom stereocenters. The molecule has 0 bridgehead atoms. The van der Waals surface area contributed by atoms with E-state index in [9.17, 15) is 9.50 Å². The molecule has 0 spiro atoms. The Morgan fingerprint density at radius 3 is 2.44 bits per heavy atom. The van der Waals surface area contributed by atoms with Gasteiger partial charge in [-0.3, -0.25) is 0 Å². The van der Waals surface area contributed by atoms with E-state index in [1.807, 2.05) is 0 Å². The van der Waals surface area contributed by atoms with Crippen molar-refractivity contribution in [2.45, 2.75) is 50.2 Å². The molecule has 0 heterocycles. The summed E-state index contributed by atoms with van der Waals surface area (Å²) in [6, 6.07) is 6.19. The van der Waals surface area contributed by atoms with Crippen LogP contribution in [0.25, 0.3) is 0 Å². The molecule has 1 fully saturated rings. The lowest BCUT2D eigenvalue weighted by atomic mass is 9.84. The van der Waals surface area contributed by atoms with Crippen molar-refractivity contribution in [3.8, 4) is 0 Å². The zero-order chi connectivity index (χ0) is 13.0. The molecule has 0 radical (unpaired) electrons. The number of benzene rings is 1. The minimum absolute atomic E-state index is 0.313. The van der Waals surface area contributed by atoms with E-state index in [2.05, 4.69) is 0 Å². The maximum absolute atomic E-state index is 13.3. The molecule has 1 N–H and O–H groups in total. The highest BCUT2D eigenvalue weighted by Gasteiger charge is 2.39. The highest BCUT2D eigenvalue weighted by Crippen LogP contribution is 2.40. The number of ether oxygens (including phenoxy) is 1. The molecular weight excluding hydrogens is 231 g/mol. The van der Waals surface area contributed by atoms with Gasteiger partial charge in [0.2, 0.25) is 0 Å². The fourth-order valence-electron chi connectivity index (χ4n) is 2.90. The van der Waals surface area contributed by atoms with Gasteiger partial charge in [-0.05, 0) is 30.5 Å². The zero-order valence-corrected chi connectivity index (χ0v) is 10.9. The summed E-state index contributed by atoms with van der Waals surface area (Å²) in [6.07, 6.45) is 5.39. The summed E-state index contributed by atoms with van der Waals surface area (Å²) in [4.78, 5) is 0. The van der Waals surface area contributed by atoms with Crippen LogP contribution in [-0.2, 0) is 4.74 Å². The Morgan fingerprint density at radius 2 is 1.89 bits per heavy atom. The molecule has 1 aromatic rings. The Kier molecular flexibility index (Phi) is 4.36. The van der Waals surface area contributed by atoms with Gasteiger partial charge in [0, 0.05) is 7.11 Å². The van der Waals surface area contributed by atoms with Gasteiger partial charge >= 0.3 is 0 Å². The van der Waals surface area contributed by atoms with Crippen LogP contribution in [0.15, 0.2) is 24.3 Å². The first-order valence-corrected chi connectivity index (χ1v) is 6.67.